The number of hydrogen-bond acceptors (Lipinski definition) is 3. The molecule has 110 valence electrons. The van der Waals surface area contributed by atoms with Gasteiger partial charge in [0.1, 0.15) is 5.75 Å². The molecule has 0 spiro atoms. The van der Waals surface area contributed by atoms with E-state index in [0.717, 1.165) is 24.4 Å². The van der Waals surface area contributed by atoms with Crippen molar-refractivity contribution in [3.8, 4) is 5.75 Å². The maximum Gasteiger partial charge on any atom is 0.179 e. The van der Waals surface area contributed by atoms with E-state index in [2.05, 4.69) is 4.90 Å². The summed E-state index contributed by atoms with van der Waals surface area (Å²) in [5, 5.41) is 0. The van der Waals surface area contributed by atoms with Crippen LogP contribution in [0.2, 0.25) is 0 Å². The molecule has 1 aromatic rings. The Balaban J connectivity index is 2.01. The van der Waals surface area contributed by atoms with E-state index in [9.17, 15) is 4.79 Å². The van der Waals surface area contributed by atoms with Gasteiger partial charge in [0.2, 0.25) is 0 Å². The Morgan fingerprint density at radius 3 is 2.30 bits per heavy atom. The summed E-state index contributed by atoms with van der Waals surface area (Å²) >= 11 is 0. The van der Waals surface area contributed by atoms with Gasteiger partial charge < -0.3 is 4.74 Å². The maximum absolute atomic E-state index is 12.5. The normalized spacial score (nSPS) is 18.3. The minimum absolute atomic E-state index is 0.0222. The zero-order valence-corrected chi connectivity index (χ0v) is 12.6. The van der Waals surface area contributed by atoms with Crippen molar-refractivity contribution in [1.29, 1.82) is 0 Å². The number of ketones is 1. The van der Waals surface area contributed by atoms with Gasteiger partial charge in [-0.1, -0.05) is 12.8 Å². The lowest BCUT2D eigenvalue weighted by atomic mass is 10.0. The molecule has 1 aromatic carbocycles. The van der Waals surface area contributed by atoms with E-state index in [1.165, 1.54) is 25.7 Å². The average Bonchev–Trinajstić information content (AvgIpc) is 2.76. The Hall–Kier alpha value is -1.35. The highest BCUT2D eigenvalue weighted by Gasteiger charge is 2.23. The van der Waals surface area contributed by atoms with Crippen LogP contribution < -0.4 is 4.74 Å². The summed E-state index contributed by atoms with van der Waals surface area (Å²) in [4.78, 5) is 14.9. The van der Waals surface area contributed by atoms with Crippen molar-refractivity contribution in [2.45, 2.75) is 45.6 Å². The molecule has 0 unspecified atom stereocenters. The molecule has 1 heterocycles. The molecular weight excluding hydrogens is 250 g/mol. The van der Waals surface area contributed by atoms with Gasteiger partial charge in [-0.05, 0) is 64.0 Å². The van der Waals surface area contributed by atoms with E-state index >= 15 is 0 Å². The highest BCUT2D eigenvalue weighted by atomic mass is 16.5. The van der Waals surface area contributed by atoms with Gasteiger partial charge in [-0.3, -0.25) is 9.69 Å². The Bertz CT molecular complexity index is 419. The van der Waals surface area contributed by atoms with Gasteiger partial charge in [0, 0.05) is 5.56 Å². The summed E-state index contributed by atoms with van der Waals surface area (Å²) in [6.45, 7) is 6.73. The van der Waals surface area contributed by atoms with Gasteiger partial charge in [0.15, 0.2) is 5.78 Å². The topological polar surface area (TPSA) is 29.5 Å². The number of rotatable bonds is 5. The highest BCUT2D eigenvalue weighted by molar-refractivity contribution is 5.99. The molecule has 0 saturated carbocycles. The van der Waals surface area contributed by atoms with Crippen LogP contribution in [0, 0.1) is 0 Å². The summed E-state index contributed by atoms with van der Waals surface area (Å²) in [5.41, 5.74) is 0.783. The van der Waals surface area contributed by atoms with Crippen molar-refractivity contribution in [2.75, 3.05) is 19.7 Å². The predicted octanol–water partition coefficient (Wildman–Crippen LogP) is 3.53. The van der Waals surface area contributed by atoms with E-state index in [0.29, 0.717) is 6.61 Å². The van der Waals surface area contributed by atoms with Crippen LogP contribution >= 0.6 is 0 Å². The first-order valence-corrected chi connectivity index (χ1v) is 7.73. The first-order valence-electron chi connectivity index (χ1n) is 7.73. The fourth-order valence-corrected chi connectivity index (χ4v) is 2.77. The number of benzene rings is 1. The van der Waals surface area contributed by atoms with Crippen molar-refractivity contribution in [1.82, 2.24) is 4.90 Å². The largest absolute Gasteiger partial charge is 0.494 e. The molecule has 1 saturated heterocycles. The van der Waals surface area contributed by atoms with E-state index in [1.807, 2.05) is 38.1 Å². The molecule has 1 atom stereocenters. The molecule has 1 aliphatic rings. The summed E-state index contributed by atoms with van der Waals surface area (Å²) in [6.07, 6.45) is 5.00. The monoisotopic (exact) mass is 275 g/mol. The molecule has 0 N–H and O–H groups in total. The van der Waals surface area contributed by atoms with Crippen LogP contribution in [-0.4, -0.2) is 36.4 Å². The van der Waals surface area contributed by atoms with Crippen LogP contribution in [0.15, 0.2) is 24.3 Å². The second-order valence-corrected chi connectivity index (χ2v) is 5.45. The van der Waals surface area contributed by atoms with Crippen LogP contribution in [0.5, 0.6) is 5.75 Å². The number of hydrogen-bond donors (Lipinski definition) is 0. The van der Waals surface area contributed by atoms with Crippen LogP contribution in [0.1, 0.15) is 49.9 Å². The third-order valence-corrected chi connectivity index (χ3v) is 4.02. The van der Waals surface area contributed by atoms with E-state index < -0.39 is 0 Å². The van der Waals surface area contributed by atoms with Crippen LogP contribution in [0.3, 0.4) is 0 Å². The number of nitrogens with zero attached hydrogens (tertiary/aromatic N) is 1. The average molecular weight is 275 g/mol. The van der Waals surface area contributed by atoms with Crippen molar-refractivity contribution in [2.24, 2.45) is 0 Å². The molecule has 1 fully saturated rings. The summed E-state index contributed by atoms with van der Waals surface area (Å²) < 4.78 is 5.41. The zero-order valence-electron chi connectivity index (χ0n) is 12.6. The van der Waals surface area contributed by atoms with Crippen molar-refractivity contribution >= 4 is 5.78 Å². The van der Waals surface area contributed by atoms with Gasteiger partial charge in [0.05, 0.1) is 12.6 Å². The van der Waals surface area contributed by atoms with Crippen molar-refractivity contribution < 1.29 is 9.53 Å². The van der Waals surface area contributed by atoms with Gasteiger partial charge in [-0.2, -0.15) is 0 Å². The highest BCUT2D eigenvalue weighted by Crippen LogP contribution is 2.18. The first-order chi connectivity index (χ1) is 9.72. The lowest BCUT2D eigenvalue weighted by Crippen LogP contribution is -2.39. The van der Waals surface area contributed by atoms with E-state index in [-0.39, 0.29) is 11.8 Å². The van der Waals surface area contributed by atoms with Gasteiger partial charge >= 0.3 is 0 Å². The summed E-state index contributed by atoms with van der Waals surface area (Å²) in [5.74, 6) is 1.04. The van der Waals surface area contributed by atoms with Crippen molar-refractivity contribution in [3.63, 3.8) is 0 Å². The molecule has 0 aromatic heterocycles. The number of carbonyl (C=O) groups excluding carboxylic acids is 1. The molecule has 0 bridgehead atoms. The van der Waals surface area contributed by atoms with Gasteiger partial charge in [-0.25, -0.2) is 0 Å². The standard InChI is InChI=1S/C17H25NO2/c1-3-20-16-10-8-15(9-11-16)17(19)14(2)18-12-6-4-5-7-13-18/h8-11,14H,3-7,12-13H2,1-2H3/t14-/m1/s1. The lowest BCUT2D eigenvalue weighted by Gasteiger charge is -2.26. The fourth-order valence-electron chi connectivity index (χ4n) is 2.77. The molecule has 0 radical (unpaired) electrons. The van der Waals surface area contributed by atoms with Gasteiger partial charge in [0.25, 0.3) is 0 Å². The lowest BCUT2D eigenvalue weighted by molar-refractivity contribution is 0.0843. The number of likely N-dealkylation sites (tertiary alicyclic amines) is 1. The Kier molecular flexibility index (Phi) is 5.60. The second-order valence-electron chi connectivity index (χ2n) is 5.45. The molecule has 20 heavy (non-hydrogen) atoms. The molecule has 0 aliphatic carbocycles. The Morgan fingerprint density at radius 2 is 1.75 bits per heavy atom. The second kappa shape index (κ2) is 7.44. The minimum Gasteiger partial charge on any atom is -0.494 e. The van der Waals surface area contributed by atoms with Gasteiger partial charge in [-0.15, -0.1) is 0 Å². The molecule has 1 aliphatic heterocycles. The predicted molar refractivity (Wildman–Crippen MR) is 81.4 cm³/mol. The fraction of sp³-hybridized carbons (Fsp3) is 0.588. The Labute approximate surface area is 121 Å². The quantitative estimate of drug-likeness (QED) is 0.770. The molecule has 2 rings (SSSR count). The van der Waals surface area contributed by atoms with E-state index in [1.54, 1.807) is 0 Å². The number of Topliss-reactive ketones (excluding diaryl/α,β-unsaturated/α-hetero) is 1. The third-order valence-electron chi connectivity index (χ3n) is 4.02. The summed E-state index contributed by atoms with van der Waals surface area (Å²) in [7, 11) is 0. The zero-order chi connectivity index (χ0) is 14.4. The first kappa shape index (κ1) is 15.0. The molecule has 3 nitrogen and oxygen atoms in total. The van der Waals surface area contributed by atoms with Crippen LogP contribution in [0.4, 0.5) is 0 Å². The maximum atomic E-state index is 12.5. The smallest absolute Gasteiger partial charge is 0.179 e. The Morgan fingerprint density at radius 1 is 1.15 bits per heavy atom. The molecule has 3 heteroatoms. The summed E-state index contributed by atoms with van der Waals surface area (Å²) in [6, 6.07) is 7.49. The minimum atomic E-state index is -0.0222. The van der Waals surface area contributed by atoms with Crippen LogP contribution in [0.25, 0.3) is 0 Å². The van der Waals surface area contributed by atoms with Crippen molar-refractivity contribution in [3.05, 3.63) is 29.8 Å². The molecule has 0 amide bonds. The van der Waals surface area contributed by atoms with E-state index in [4.69, 9.17) is 4.74 Å². The number of carbonyl (C=O) groups is 1. The SMILES string of the molecule is CCOc1ccc(C(=O)[C@@H](C)N2CCCCCC2)cc1. The number of ether oxygens (including phenoxy) is 1. The third kappa shape index (κ3) is 3.83. The van der Waals surface area contributed by atoms with Crippen LogP contribution in [-0.2, 0) is 0 Å². The molecular formula is C17H25NO2.